The van der Waals surface area contributed by atoms with Crippen LogP contribution in [0.2, 0.25) is 0 Å². The van der Waals surface area contributed by atoms with Gasteiger partial charge in [-0.2, -0.15) is 0 Å². The van der Waals surface area contributed by atoms with Gasteiger partial charge in [0.05, 0.1) is 0 Å². The fourth-order valence-corrected chi connectivity index (χ4v) is 4.21. The molecule has 0 heterocycles. The van der Waals surface area contributed by atoms with Crippen LogP contribution in [0.4, 0.5) is 4.79 Å². The SMILES string of the molecule is CCCCNC(=O)C(c1ccccc1O)N(C(=O)C(Cc1ccccc1)NC(=O)OC(C)(C)C)C(C)(C)CC. The van der Waals surface area contributed by atoms with Gasteiger partial charge in [0.25, 0.3) is 0 Å². The van der Waals surface area contributed by atoms with Gasteiger partial charge in [-0.25, -0.2) is 4.79 Å². The molecule has 2 rings (SSSR count). The van der Waals surface area contributed by atoms with E-state index in [1.165, 1.54) is 11.0 Å². The first-order valence-electron chi connectivity index (χ1n) is 13.7. The number of hydrogen-bond acceptors (Lipinski definition) is 5. The van der Waals surface area contributed by atoms with Crippen LogP contribution < -0.4 is 10.6 Å². The summed E-state index contributed by atoms with van der Waals surface area (Å²) in [5, 5.41) is 16.5. The number of amides is 3. The number of carbonyl (C=O) groups excluding carboxylic acids is 3. The smallest absolute Gasteiger partial charge is 0.408 e. The van der Waals surface area contributed by atoms with Gasteiger partial charge in [-0.1, -0.05) is 68.8 Å². The molecule has 39 heavy (non-hydrogen) atoms. The largest absolute Gasteiger partial charge is 0.508 e. The molecule has 2 atom stereocenters. The maximum atomic E-state index is 14.5. The van der Waals surface area contributed by atoms with Gasteiger partial charge < -0.3 is 25.4 Å². The summed E-state index contributed by atoms with van der Waals surface area (Å²) in [5.41, 5.74) is -0.411. The molecule has 2 aromatic rings. The third-order valence-corrected chi connectivity index (χ3v) is 6.59. The summed E-state index contributed by atoms with van der Waals surface area (Å²) in [6.45, 7) is 13.4. The zero-order valence-corrected chi connectivity index (χ0v) is 24.4. The Balaban J connectivity index is 2.63. The Labute approximate surface area is 233 Å². The molecule has 0 bridgehead atoms. The minimum atomic E-state index is -1.12. The molecule has 0 saturated heterocycles. The molecule has 0 spiro atoms. The maximum absolute atomic E-state index is 14.5. The normalized spacial score (nSPS) is 13.2. The second-order valence-corrected chi connectivity index (χ2v) is 11.4. The molecule has 3 amide bonds. The van der Waals surface area contributed by atoms with Gasteiger partial charge >= 0.3 is 6.09 Å². The number of nitrogens with zero attached hydrogens (tertiary/aromatic N) is 1. The first-order chi connectivity index (χ1) is 18.3. The molecule has 214 valence electrons. The number of unbranched alkanes of at least 4 members (excludes halogenated alkanes) is 1. The Kier molecular flexibility index (Phi) is 11.4. The van der Waals surface area contributed by atoms with E-state index in [-0.39, 0.29) is 12.2 Å². The molecule has 8 nitrogen and oxygen atoms in total. The molecule has 0 aliphatic rings. The zero-order chi connectivity index (χ0) is 29.2. The average Bonchev–Trinajstić information content (AvgIpc) is 2.86. The Morgan fingerprint density at radius 2 is 1.56 bits per heavy atom. The molecular weight excluding hydrogens is 494 g/mol. The molecule has 0 aliphatic carbocycles. The molecule has 0 saturated carbocycles. The van der Waals surface area contributed by atoms with Crippen LogP contribution >= 0.6 is 0 Å². The van der Waals surface area contributed by atoms with Crippen molar-refractivity contribution in [1.29, 1.82) is 0 Å². The molecule has 0 aliphatic heterocycles. The van der Waals surface area contributed by atoms with Crippen LogP contribution in [0.5, 0.6) is 5.75 Å². The number of ether oxygens (including phenoxy) is 1. The Bertz CT molecular complexity index is 1090. The van der Waals surface area contributed by atoms with E-state index in [2.05, 4.69) is 10.6 Å². The number of rotatable bonds is 12. The highest BCUT2D eigenvalue weighted by Gasteiger charge is 2.43. The number of carbonyl (C=O) groups is 3. The van der Waals surface area contributed by atoms with Crippen LogP contribution in [0.3, 0.4) is 0 Å². The van der Waals surface area contributed by atoms with Gasteiger partial charge in [-0.05, 0) is 59.1 Å². The van der Waals surface area contributed by atoms with Crippen molar-refractivity contribution in [2.45, 2.75) is 97.4 Å². The predicted molar refractivity (Wildman–Crippen MR) is 153 cm³/mol. The van der Waals surface area contributed by atoms with Crippen molar-refractivity contribution in [3.05, 3.63) is 65.7 Å². The highest BCUT2D eigenvalue weighted by atomic mass is 16.6. The van der Waals surface area contributed by atoms with E-state index in [0.717, 1.165) is 18.4 Å². The summed E-state index contributed by atoms with van der Waals surface area (Å²) in [6, 6.07) is 13.8. The predicted octanol–water partition coefficient (Wildman–Crippen LogP) is 5.50. The number of phenolic OH excluding ortho intramolecular Hbond substituents is 1. The van der Waals surface area contributed by atoms with E-state index in [1.807, 2.05) is 58.0 Å². The van der Waals surface area contributed by atoms with Crippen LogP contribution in [0.25, 0.3) is 0 Å². The molecule has 0 radical (unpaired) electrons. The molecule has 8 heteroatoms. The molecule has 2 unspecified atom stereocenters. The second kappa shape index (κ2) is 14.0. The third kappa shape index (κ3) is 9.30. The Hall–Kier alpha value is -3.55. The van der Waals surface area contributed by atoms with E-state index in [4.69, 9.17) is 4.74 Å². The monoisotopic (exact) mass is 539 g/mol. The number of phenols is 1. The second-order valence-electron chi connectivity index (χ2n) is 11.4. The average molecular weight is 540 g/mol. The molecule has 3 N–H and O–H groups in total. The first kappa shape index (κ1) is 31.7. The van der Waals surface area contributed by atoms with Gasteiger partial charge in [0.2, 0.25) is 11.8 Å². The van der Waals surface area contributed by atoms with Gasteiger partial charge in [0.15, 0.2) is 0 Å². The molecule has 0 aromatic heterocycles. The number of para-hydroxylation sites is 1. The Morgan fingerprint density at radius 3 is 2.13 bits per heavy atom. The van der Waals surface area contributed by atoms with Crippen molar-refractivity contribution < 1.29 is 24.2 Å². The van der Waals surface area contributed by atoms with E-state index in [1.54, 1.807) is 39.0 Å². The summed E-state index contributed by atoms with van der Waals surface area (Å²) in [4.78, 5) is 42.6. The van der Waals surface area contributed by atoms with Crippen molar-refractivity contribution >= 4 is 17.9 Å². The van der Waals surface area contributed by atoms with Crippen molar-refractivity contribution in [3.8, 4) is 5.75 Å². The highest BCUT2D eigenvalue weighted by Crippen LogP contribution is 2.36. The van der Waals surface area contributed by atoms with E-state index in [0.29, 0.717) is 18.5 Å². The molecular formula is C31H45N3O5. The van der Waals surface area contributed by atoms with Gasteiger partial charge in [0.1, 0.15) is 23.4 Å². The van der Waals surface area contributed by atoms with Gasteiger partial charge in [-0.3, -0.25) is 9.59 Å². The highest BCUT2D eigenvalue weighted by molar-refractivity contribution is 5.93. The summed E-state index contributed by atoms with van der Waals surface area (Å²) < 4.78 is 5.48. The van der Waals surface area contributed by atoms with Crippen LogP contribution in [0.1, 0.15) is 84.9 Å². The minimum absolute atomic E-state index is 0.0856. The fraction of sp³-hybridized carbons (Fsp3) is 0.516. The molecule has 2 aromatic carbocycles. The maximum Gasteiger partial charge on any atom is 0.408 e. The fourth-order valence-electron chi connectivity index (χ4n) is 4.21. The summed E-state index contributed by atoms with van der Waals surface area (Å²) in [6.07, 6.45) is 1.66. The lowest BCUT2D eigenvalue weighted by molar-refractivity contribution is -0.149. The van der Waals surface area contributed by atoms with Crippen molar-refractivity contribution in [1.82, 2.24) is 15.5 Å². The van der Waals surface area contributed by atoms with Crippen LogP contribution in [0.15, 0.2) is 54.6 Å². The lowest BCUT2D eigenvalue weighted by Gasteiger charge is -2.44. The zero-order valence-electron chi connectivity index (χ0n) is 24.4. The van der Waals surface area contributed by atoms with Crippen LogP contribution in [0, 0.1) is 0 Å². The summed E-state index contributed by atoms with van der Waals surface area (Å²) in [7, 11) is 0. The molecule has 0 fully saturated rings. The van der Waals surface area contributed by atoms with Crippen molar-refractivity contribution in [3.63, 3.8) is 0 Å². The number of nitrogens with one attached hydrogen (secondary N) is 2. The standard InChI is InChI=1S/C31H45N3O5/c1-8-10-20-32-27(36)26(23-18-14-15-19-25(23)35)34(31(6,7)9-2)28(37)24(21-22-16-12-11-13-17-22)33-29(38)39-30(3,4)5/h11-19,24,26,35H,8-10,20-21H2,1-7H3,(H,32,36)(H,33,38). The number of benzene rings is 2. The quantitative estimate of drug-likeness (QED) is 0.309. The number of aromatic hydroxyl groups is 1. The number of hydrogen-bond donors (Lipinski definition) is 3. The minimum Gasteiger partial charge on any atom is -0.508 e. The Morgan fingerprint density at radius 1 is 0.949 bits per heavy atom. The van der Waals surface area contributed by atoms with Crippen molar-refractivity contribution in [2.75, 3.05) is 6.54 Å². The summed E-state index contributed by atoms with van der Waals surface area (Å²) >= 11 is 0. The topological polar surface area (TPSA) is 108 Å². The van der Waals surface area contributed by atoms with Crippen LogP contribution in [-0.2, 0) is 20.7 Å². The van der Waals surface area contributed by atoms with Crippen molar-refractivity contribution in [2.24, 2.45) is 0 Å². The summed E-state index contributed by atoms with van der Waals surface area (Å²) in [5.74, 6) is -0.927. The number of alkyl carbamates (subject to hydrolysis) is 1. The third-order valence-electron chi connectivity index (χ3n) is 6.59. The van der Waals surface area contributed by atoms with Gasteiger partial charge in [-0.15, -0.1) is 0 Å². The lowest BCUT2D eigenvalue weighted by atomic mass is 9.91. The van der Waals surface area contributed by atoms with Gasteiger partial charge in [0, 0.05) is 24.1 Å². The first-order valence-corrected chi connectivity index (χ1v) is 13.7. The van der Waals surface area contributed by atoms with E-state index in [9.17, 15) is 19.5 Å². The lowest BCUT2D eigenvalue weighted by Crippen LogP contribution is -2.59. The van der Waals surface area contributed by atoms with E-state index < -0.39 is 41.1 Å². The van der Waals surface area contributed by atoms with E-state index >= 15 is 0 Å². The van der Waals surface area contributed by atoms with Crippen LogP contribution in [-0.4, -0.2) is 51.6 Å².